The second-order valence-corrected chi connectivity index (χ2v) is 6.06. The lowest BCUT2D eigenvalue weighted by molar-refractivity contribution is 0.104. The van der Waals surface area contributed by atoms with Crippen LogP contribution < -0.4 is 19.5 Å². The van der Waals surface area contributed by atoms with Crippen molar-refractivity contribution in [3.8, 4) is 17.2 Å². The van der Waals surface area contributed by atoms with Gasteiger partial charge in [-0.15, -0.1) is 0 Å². The van der Waals surface area contributed by atoms with Crippen molar-refractivity contribution in [1.29, 1.82) is 0 Å². The standard InChI is InChI=1S/C23H22N2O4/c1-27-19-10-8-18(9-11-19)25-23-16(5-4-14-24-23)6-12-20(26)17-7-13-21(28-2)22(15-17)29-3/h4-15H,1-3H3,(H,24,25). The van der Waals surface area contributed by atoms with Crippen molar-refractivity contribution < 1.29 is 19.0 Å². The molecule has 0 fully saturated rings. The maximum Gasteiger partial charge on any atom is 0.185 e. The van der Waals surface area contributed by atoms with Crippen molar-refractivity contribution in [2.24, 2.45) is 0 Å². The van der Waals surface area contributed by atoms with Crippen molar-refractivity contribution in [3.63, 3.8) is 0 Å². The van der Waals surface area contributed by atoms with Crippen LogP contribution in [0.4, 0.5) is 11.5 Å². The molecule has 1 N–H and O–H groups in total. The number of nitrogens with one attached hydrogen (secondary N) is 1. The zero-order valence-electron chi connectivity index (χ0n) is 16.5. The van der Waals surface area contributed by atoms with Crippen LogP contribution in [-0.2, 0) is 0 Å². The molecule has 6 nitrogen and oxygen atoms in total. The highest BCUT2D eigenvalue weighted by Crippen LogP contribution is 2.28. The third kappa shape index (κ3) is 4.93. The molecule has 6 heteroatoms. The van der Waals surface area contributed by atoms with Crippen LogP contribution >= 0.6 is 0 Å². The molecule has 3 rings (SSSR count). The number of ketones is 1. The van der Waals surface area contributed by atoms with Crippen LogP contribution in [0.2, 0.25) is 0 Å². The largest absolute Gasteiger partial charge is 0.497 e. The third-order valence-electron chi connectivity index (χ3n) is 4.27. The molecule has 0 amide bonds. The Labute approximate surface area is 169 Å². The van der Waals surface area contributed by atoms with E-state index in [1.165, 1.54) is 13.2 Å². The minimum absolute atomic E-state index is 0.148. The number of aromatic nitrogens is 1. The van der Waals surface area contributed by atoms with Crippen LogP contribution in [0.25, 0.3) is 6.08 Å². The topological polar surface area (TPSA) is 69.7 Å². The van der Waals surface area contributed by atoms with Gasteiger partial charge in [0.05, 0.1) is 21.3 Å². The molecule has 2 aromatic carbocycles. The number of hydrogen-bond acceptors (Lipinski definition) is 6. The molecule has 0 aliphatic heterocycles. The summed E-state index contributed by atoms with van der Waals surface area (Å²) in [4.78, 5) is 17.0. The fraction of sp³-hybridized carbons (Fsp3) is 0.130. The summed E-state index contributed by atoms with van der Waals surface area (Å²) in [5.41, 5.74) is 2.16. The molecule has 148 valence electrons. The zero-order valence-corrected chi connectivity index (χ0v) is 16.5. The number of nitrogens with zero attached hydrogens (tertiary/aromatic N) is 1. The number of rotatable bonds is 8. The fourth-order valence-corrected chi connectivity index (χ4v) is 2.72. The Kier molecular flexibility index (Phi) is 6.47. The molecular weight excluding hydrogens is 368 g/mol. The summed E-state index contributed by atoms with van der Waals surface area (Å²) in [6.45, 7) is 0. The Bertz CT molecular complexity index is 1010. The molecule has 0 saturated heterocycles. The van der Waals surface area contributed by atoms with Crippen molar-refractivity contribution in [2.45, 2.75) is 0 Å². The maximum absolute atomic E-state index is 12.6. The van der Waals surface area contributed by atoms with E-state index in [1.54, 1.807) is 44.7 Å². The molecule has 0 radical (unpaired) electrons. The van der Waals surface area contributed by atoms with Gasteiger partial charge in [0.15, 0.2) is 17.3 Å². The number of anilines is 2. The first kappa shape index (κ1) is 19.9. The van der Waals surface area contributed by atoms with Crippen molar-refractivity contribution >= 4 is 23.4 Å². The van der Waals surface area contributed by atoms with Gasteiger partial charge in [0.1, 0.15) is 11.6 Å². The summed E-state index contributed by atoms with van der Waals surface area (Å²) < 4.78 is 15.6. The van der Waals surface area contributed by atoms with Gasteiger partial charge in [-0.2, -0.15) is 0 Å². The average Bonchev–Trinajstić information content (AvgIpc) is 2.78. The second kappa shape index (κ2) is 9.41. The molecule has 0 aliphatic rings. The van der Waals surface area contributed by atoms with Gasteiger partial charge in [0.2, 0.25) is 0 Å². The number of allylic oxidation sites excluding steroid dienone is 1. The third-order valence-corrected chi connectivity index (χ3v) is 4.27. The lowest BCUT2D eigenvalue weighted by Gasteiger charge is -2.09. The lowest BCUT2D eigenvalue weighted by Crippen LogP contribution is -1.98. The highest BCUT2D eigenvalue weighted by atomic mass is 16.5. The second-order valence-electron chi connectivity index (χ2n) is 6.06. The summed E-state index contributed by atoms with van der Waals surface area (Å²) in [6.07, 6.45) is 4.94. The number of hydrogen-bond donors (Lipinski definition) is 1. The molecule has 0 saturated carbocycles. The number of carbonyl (C=O) groups excluding carboxylic acids is 1. The van der Waals surface area contributed by atoms with Gasteiger partial charge in [0.25, 0.3) is 0 Å². The van der Waals surface area contributed by atoms with Crippen LogP contribution in [-0.4, -0.2) is 32.1 Å². The van der Waals surface area contributed by atoms with E-state index >= 15 is 0 Å². The molecule has 0 aliphatic carbocycles. The quantitative estimate of drug-likeness (QED) is 0.442. The van der Waals surface area contributed by atoms with Gasteiger partial charge in [0, 0.05) is 23.0 Å². The van der Waals surface area contributed by atoms with Gasteiger partial charge in [-0.1, -0.05) is 0 Å². The van der Waals surface area contributed by atoms with Gasteiger partial charge < -0.3 is 19.5 Å². The molecule has 3 aromatic rings. The minimum Gasteiger partial charge on any atom is -0.497 e. The van der Waals surface area contributed by atoms with E-state index in [0.717, 1.165) is 17.0 Å². The highest BCUT2D eigenvalue weighted by Gasteiger charge is 2.09. The molecule has 0 unspecified atom stereocenters. The summed E-state index contributed by atoms with van der Waals surface area (Å²) in [6, 6.07) is 16.3. The molecule has 0 spiro atoms. The Morgan fingerprint density at radius 2 is 1.69 bits per heavy atom. The number of ether oxygens (including phenoxy) is 3. The summed E-state index contributed by atoms with van der Waals surface area (Å²) in [7, 11) is 4.72. The fourth-order valence-electron chi connectivity index (χ4n) is 2.72. The van der Waals surface area contributed by atoms with Gasteiger partial charge in [-0.05, 0) is 66.7 Å². The maximum atomic E-state index is 12.6. The number of benzene rings is 2. The lowest BCUT2D eigenvalue weighted by atomic mass is 10.1. The average molecular weight is 390 g/mol. The smallest absolute Gasteiger partial charge is 0.185 e. The van der Waals surface area contributed by atoms with E-state index in [9.17, 15) is 4.79 Å². The number of pyridine rings is 1. The Morgan fingerprint density at radius 1 is 0.931 bits per heavy atom. The van der Waals surface area contributed by atoms with Gasteiger partial charge >= 0.3 is 0 Å². The van der Waals surface area contributed by atoms with E-state index in [-0.39, 0.29) is 5.78 Å². The first-order valence-corrected chi connectivity index (χ1v) is 8.95. The van der Waals surface area contributed by atoms with E-state index in [0.29, 0.717) is 22.9 Å². The molecule has 1 aromatic heterocycles. The van der Waals surface area contributed by atoms with Gasteiger partial charge in [-0.3, -0.25) is 4.79 Å². The highest BCUT2D eigenvalue weighted by molar-refractivity contribution is 6.07. The van der Waals surface area contributed by atoms with Crippen LogP contribution in [0.15, 0.2) is 66.9 Å². The molecule has 1 heterocycles. The number of carbonyl (C=O) groups is 1. The first-order valence-electron chi connectivity index (χ1n) is 8.95. The Balaban J connectivity index is 1.79. The minimum atomic E-state index is -0.148. The van der Waals surface area contributed by atoms with Crippen molar-refractivity contribution in [3.05, 3.63) is 78.0 Å². The zero-order chi connectivity index (χ0) is 20.6. The summed E-state index contributed by atoms with van der Waals surface area (Å²) in [5.74, 6) is 2.36. The van der Waals surface area contributed by atoms with Gasteiger partial charge in [-0.25, -0.2) is 4.98 Å². The van der Waals surface area contributed by atoms with Crippen molar-refractivity contribution in [1.82, 2.24) is 4.98 Å². The van der Waals surface area contributed by atoms with E-state index in [1.807, 2.05) is 36.4 Å². The van der Waals surface area contributed by atoms with E-state index < -0.39 is 0 Å². The predicted molar refractivity (Wildman–Crippen MR) is 113 cm³/mol. The van der Waals surface area contributed by atoms with E-state index in [2.05, 4.69) is 10.3 Å². The van der Waals surface area contributed by atoms with Crippen molar-refractivity contribution in [2.75, 3.05) is 26.6 Å². The predicted octanol–water partition coefficient (Wildman–Crippen LogP) is 4.75. The molecule has 0 atom stereocenters. The monoisotopic (exact) mass is 390 g/mol. The van der Waals surface area contributed by atoms with Crippen LogP contribution in [0.5, 0.6) is 17.2 Å². The van der Waals surface area contributed by atoms with Crippen LogP contribution in [0.1, 0.15) is 15.9 Å². The number of methoxy groups -OCH3 is 3. The molecule has 29 heavy (non-hydrogen) atoms. The SMILES string of the molecule is COc1ccc(Nc2ncccc2C=CC(=O)c2ccc(OC)c(OC)c2)cc1. The molecular formula is C23H22N2O4. The Hall–Kier alpha value is -3.80. The summed E-state index contributed by atoms with van der Waals surface area (Å²) >= 11 is 0. The van der Waals surface area contributed by atoms with Crippen LogP contribution in [0, 0.1) is 0 Å². The summed E-state index contributed by atoms with van der Waals surface area (Å²) in [5, 5.41) is 3.25. The Morgan fingerprint density at radius 3 is 2.38 bits per heavy atom. The normalized spacial score (nSPS) is 10.6. The van der Waals surface area contributed by atoms with E-state index in [4.69, 9.17) is 14.2 Å². The molecule has 0 bridgehead atoms. The first-order chi connectivity index (χ1) is 14.1. The van der Waals surface area contributed by atoms with Crippen LogP contribution in [0.3, 0.4) is 0 Å².